The predicted molar refractivity (Wildman–Crippen MR) is 102 cm³/mol. The molecule has 0 amide bonds. The van der Waals surface area contributed by atoms with Crippen LogP contribution in [0.4, 0.5) is 0 Å². The van der Waals surface area contributed by atoms with E-state index in [9.17, 15) is 0 Å². The number of nitrogens with one attached hydrogen (secondary N) is 2. The summed E-state index contributed by atoms with van der Waals surface area (Å²) in [5.74, 6) is 0.530. The predicted octanol–water partition coefficient (Wildman–Crippen LogP) is 3.58. The molecule has 2 aromatic rings. The Bertz CT molecular complexity index is 744. The quantitative estimate of drug-likeness (QED) is 0.666. The summed E-state index contributed by atoms with van der Waals surface area (Å²) >= 11 is 0. The second kappa shape index (κ2) is 6.98. The molecule has 4 nitrogen and oxygen atoms in total. The molecule has 1 aromatic carbocycles. The third kappa shape index (κ3) is 3.20. The molecule has 130 valence electrons. The van der Waals surface area contributed by atoms with E-state index >= 15 is 0 Å². The third-order valence-electron chi connectivity index (χ3n) is 5.74. The Labute approximate surface area is 145 Å². The van der Waals surface area contributed by atoms with Crippen LogP contribution in [0.5, 0.6) is 0 Å². The molecule has 1 aliphatic heterocycles. The van der Waals surface area contributed by atoms with Crippen LogP contribution >= 0.6 is 0 Å². The summed E-state index contributed by atoms with van der Waals surface area (Å²) in [5, 5.41) is 12.9. The van der Waals surface area contributed by atoms with Crippen LogP contribution in [0.1, 0.15) is 43.0 Å². The summed E-state index contributed by atoms with van der Waals surface area (Å²) < 4.78 is 2.23. The second-order valence-corrected chi connectivity index (χ2v) is 7.18. The van der Waals surface area contributed by atoms with Crippen molar-refractivity contribution in [3.63, 3.8) is 0 Å². The van der Waals surface area contributed by atoms with E-state index in [2.05, 4.69) is 60.8 Å². The Hall–Kier alpha value is -1.81. The van der Waals surface area contributed by atoms with E-state index in [1.54, 1.807) is 0 Å². The highest BCUT2D eigenvalue weighted by molar-refractivity contribution is 6.00. The molecule has 1 aromatic heterocycles. The van der Waals surface area contributed by atoms with Crippen LogP contribution < -0.4 is 5.32 Å². The molecule has 0 aliphatic carbocycles. The molecule has 1 fully saturated rings. The van der Waals surface area contributed by atoms with Gasteiger partial charge in [0.25, 0.3) is 0 Å². The first-order valence-electron chi connectivity index (χ1n) is 9.11. The molecule has 1 aliphatic rings. The van der Waals surface area contributed by atoms with E-state index < -0.39 is 0 Å². The van der Waals surface area contributed by atoms with Gasteiger partial charge in [-0.15, -0.1) is 0 Å². The highest BCUT2D eigenvalue weighted by Gasteiger charge is 2.17. The normalized spacial score (nSPS) is 18.9. The lowest BCUT2D eigenvalue weighted by molar-refractivity contribution is 0.164. The number of rotatable bonds is 4. The summed E-state index contributed by atoms with van der Waals surface area (Å²) in [5.41, 5.74) is 4.82. The summed E-state index contributed by atoms with van der Waals surface area (Å²) in [4.78, 5) is 2.54. The van der Waals surface area contributed by atoms with Crippen LogP contribution in [0.25, 0.3) is 10.9 Å². The minimum absolute atomic E-state index is 0.530. The number of hydrogen-bond donors (Lipinski definition) is 2. The number of amidine groups is 1. The maximum atomic E-state index is 8.37. The Kier molecular flexibility index (Phi) is 4.95. The molecule has 1 saturated heterocycles. The van der Waals surface area contributed by atoms with Crippen molar-refractivity contribution in [2.24, 2.45) is 7.05 Å². The van der Waals surface area contributed by atoms with E-state index in [1.165, 1.54) is 48.0 Å². The van der Waals surface area contributed by atoms with Crippen molar-refractivity contribution in [2.45, 2.75) is 46.1 Å². The van der Waals surface area contributed by atoms with Gasteiger partial charge in [-0.1, -0.05) is 6.42 Å². The topological polar surface area (TPSA) is 44.1 Å². The van der Waals surface area contributed by atoms with Crippen LogP contribution in [0.2, 0.25) is 0 Å². The molecule has 1 unspecified atom stereocenters. The van der Waals surface area contributed by atoms with Crippen LogP contribution in [-0.2, 0) is 7.05 Å². The molecule has 0 spiro atoms. The SMILES string of the molecule is Cc1c(C)n(C)c2ccc(C(=N)NCCN3CCCCC3C)cc12. The number of aryl methyl sites for hydroxylation is 2. The van der Waals surface area contributed by atoms with Gasteiger partial charge in [0.1, 0.15) is 5.84 Å². The molecule has 1 atom stereocenters. The first-order chi connectivity index (χ1) is 11.5. The fourth-order valence-electron chi connectivity index (χ4n) is 3.83. The number of hydrogen-bond acceptors (Lipinski definition) is 2. The van der Waals surface area contributed by atoms with Crippen molar-refractivity contribution in [3.8, 4) is 0 Å². The van der Waals surface area contributed by atoms with E-state index in [4.69, 9.17) is 5.41 Å². The Morgan fingerprint density at radius 2 is 2.08 bits per heavy atom. The van der Waals surface area contributed by atoms with Crippen molar-refractivity contribution in [1.82, 2.24) is 14.8 Å². The van der Waals surface area contributed by atoms with E-state index in [1.807, 2.05) is 0 Å². The van der Waals surface area contributed by atoms with Crippen molar-refractivity contribution < 1.29 is 0 Å². The summed E-state index contributed by atoms with van der Waals surface area (Å²) in [6.07, 6.45) is 3.97. The largest absolute Gasteiger partial charge is 0.369 e. The minimum Gasteiger partial charge on any atom is -0.369 e. The van der Waals surface area contributed by atoms with Gasteiger partial charge in [-0.2, -0.15) is 0 Å². The number of piperidine rings is 1. The second-order valence-electron chi connectivity index (χ2n) is 7.18. The standard InChI is InChI=1S/C20H30N4/c1-14-7-5-6-11-24(14)12-10-22-20(21)17-8-9-19-18(13-17)15(2)16(3)23(19)4/h8-9,13-14H,5-7,10-12H2,1-4H3,(H2,21,22). The van der Waals surface area contributed by atoms with Crippen LogP contribution in [0, 0.1) is 19.3 Å². The van der Waals surface area contributed by atoms with Crippen molar-refractivity contribution in [1.29, 1.82) is 5.41 Å². The Morgan fingerprint density at radius 3 is 2.83 bits per heavy atom. The molecule has 0 saturated carbocycles. The smallest absolute Gasteiger partial charge is 0.125 e. The number of likely N-dealkylation sites (tertiary alicyclic amines) is 1. The van der Waals surface area contributed by atoms with E-state index in [-0.39, 0.29) is 0 Å². The molecule has 0 bridgehead atoms. The van der Waals surface area contributed by atoms with Gasteiger partial charge < -0.3 is 9.88 Å². The zero-order chi connectivity index (χ0) is 17.3. The van der Waals surface area contributed by atoms with Gasteiger partial charge in [0.2, 0.25) is 0 Å². The molecule has 2 N–H and O–H groups in total. The van der Waals surface area contributed by atoms with Gasteiger partial charge in [0.05, 0.1) is 0 Å². The first kappa shape index (κ1) is 17.0. The Morgan fingerprint density at radius 1 is 1.29 bits per heavy atom. The van der Waals surface area contributed by atoms with Crippen LogP contribution in [0.15, 0.2) is 18.2 Å². The fourth-order valence-corrected chi connectivity index (χ4v) is 3.83. The summed E-state index contributed by atoms with van der Waals surface area (Å²) in [6, 6.07) is 7.02. The number of fused-ring (bicyclic) bond motifs is 1. The summed E-state index contributed by atoms with van der Waals surface area (Å²) in [7, 11) is 2.10. The molecular formula is C20H30N4. The van der Waals surface area contributed by atoms with Gasteiger partial charge in [-0.25, -0.2) is 0 Å². The summed E-state index contributed by atoms with van der Waals surface area (Å²) in [6.45, 7) is 9.70. The number of nitrogens with zero attached hydrogens (tertiary/aromatic N) is 2. The zero-order valence-corrected chi connectivity index (χ0v) is 15.4. The van der Waals surface area contributed by atoms with Gasteiger partial charge in [-0.3, -0.25) is 10.3 Å². The Balaban J connectivity index is 1.64. The van der Waals surface area contributed by atoms with Crippen molar-refractivity contribution >= 4 is 16.7 Å². The lowest BCUT2D eigenvalue weighted by Crippen LogP contribution is -2.42. The fraction of sp³-hybridized carbons (Fsp3) is 0.550. The highest BCUT2D eigenvalue weighted by atomic mass is 15.2. The maximum Gasteiger partial charge on any atom is 0.125 e. The lowest BCUT2D eigenvalue weighted by Gasteiger charge is -2.33. The maximum absolute atomic E-state index is 8.37. The average Bonchev–Trinajstić information content (AvgIpc) is 2.80. The highest BCUT2D eigenvalue weighted by Crippen LogP contribution is 2.25. The molecular weight excluding hydrogens is 296 g/mol. The minimum atomic E-state index is 0.530. The average molecular weight is 326 g/mol. The van der Waals surface area contributed by atoms with Gasteiger partial charge in [0.15, 0.2) is 0 Å². The van der Waals surface area contributed by atoms with Crippen LogP contribution in [0.3, 0.4) is 0 Å². The first-order valence-corrected chi connectivity index (χ1v) is 9.11. The number of benzene rings is 1. The van der Waals surface area contributed by atoms with Crippen LogP contribution in [-0.4, -0.2) is 41.0 Å². The van der Waals surface area contributed by atoms with E-state index in [0.29, 0.717) is 11.9 Å². The van der Waals surface area contributed by atoms with Crippen molar-refractivity contribution in [2.75, 3.05) is 19.6 Å². The van der Waals surface area contributed by atoms with Gasteiger partial charge >= 0.3 is 0 Å². The molecule has 24 heavy (non-hydrogen) atoms. The molecule has 2 heterocycles. The lowest BCUT2D eigenvalue weighted by atomic mass is 10.0. The van der Waals surface area contributed by atoms with Gasteiger partial charge in [-0.05, 0) is 63.9 Å². The zero-order valence-electron chi connectivity index (χ0n) is 15.4. The third-order valence-corrected chi connectivity index (χ3v) is 5.74. The number of aromatic nitrogens is 1. The molecule has 0 radical (unpaired) electrons. The molecule has 3 rings (SSSR count). The van der Waals surface area contributed by atoms with E-state index in [0.717, 1.165) is 18.7 Å². The monoisotopic (exact) mass is 326 g/mol. The van der Waals surface area contributed by atoms with Crippen molar-refractivity contribution in [3.05, 3.63) is 35.0 Å². The molecule has 4 heteroatoms. The van der Waals surface area contributed by atoms with Gasteiger partial charge in [0, 0.05) is 48.3 Å².